The van der Waals surface area contributed by atoms with Gasteiger partial charge in [-0.2, -0.15) is 0 Å². The average molecular weight is 553 g/mol. The van der Waals surface area contributed by atoms with Crippen LogP contribution in [0.1, 0.15) is 61.8 Å². The van der Waals surface area contributed by atoms with Crippen molar-refractivity contribution in [1.29, 1.82) is 0 Å². The molecule has 0 radical (unpaired) electrons. The number of amides is 1. The summed E-state index contributed by atoms with van der Waals surface area (Å²) in [6.45, 7) is 4.82. The Morgan fingerprint density at radius 3 is 2.59 bits per heavy atom. The van der Waals surface area contributed by atoms with Crippen LogP contribution in [0.15, 0.2) is 53.4 Å². The second kappa shape index (κ2) is 11.3. The van der Waals surface area contributed by atoms with E-state index in [1.165, 1.54) is 6.07 Å². The first-order chi connectivity index (χ1) is 18.8. The summed E-state index contributed by atoms with van der Waals surface area (Å²) in [4.78, 5) is 20.0. The van der Waals surface area contributed by atoms with Gasteiger partial charge in [0.15, 0.2) is 0 Å². The molecule has 0 saturated heterocycles. The molecule has 3 N–H and O–H groups in total. The molecular formula is C28H36N6O4S. The monoisotopic (exact) mass is 552 g/mol. The Hall–Kier alpha value is -3.57. The number of sulfonamides is 1. The Morgan fingerprint density at radius 2 is 1.87 bits per heavy atom. The van der Waals surface area contributed by atoms with Crippen molar-refractivity contribution in [1.82, 2.24) is 19.6 Å². The summed E-state index contributed by atoms with van der Waals surface area (Å²) >= 11 is 0. The lowest BCUT2D eigenvalue weighted by atomic mass is 10.0. The number of nitrogens with zero attached hydrogens (tertiary/aromatic N) is 3. The first-order valence-corrected chi connectivity index (χ1v) is 15.0. The first-order valence-electron chi connectivity index (χ1n) is 13.5. The third-order valence-electron chi connectivity index (χ3n) is 7.40. The molecule has 1 fully saturated rings. The van der Waals surface area contributed by atoms with Crippen molar-refractivity contribution in [2.24, 2.45) is 0 Å². The van der Waals surface area contributed by atoms with Gasteiger partial charge in [0.25, 0.3) is 0 Å². The molecule has 1 unspecified atom stereocenters. The van der Waals surface area contributed by atoms with E-state index in [2.05, 4.69) is 15.4 Å². The van der Waals surface area contributed by atoms with E-state index in [-0.39, 0.29) is 17.5 Å². The molecule has 11 heteroatoms. The number of aromatic nitrogens is 2. The number of carbonyl (C=O) groups is 1. The quantitative estimate of drug-likeness (QED) is 0.342. The molecule has 2 aliphatic rings. The molecule has 2 heterocycles. The van der Waals surface area contributed by atoms with Crippen LogP contribution in [-0.2, 0) is 10.0 Å². The lowest BCUT2D eigenvalue weighted by Gasteiger charge is -2.30. The van der Waals surface area contributed by atoms with E-state index in [1.54, 1.807) is 16.7 Å². The van der Waals surface area contributed by atoms with Gasteiger partial charge in [-0.25, -0.2) is 27.5 Å². The number of benzene rings is 2. The zero-order chi connectivity index (χ0) is 27.6. The summed E-state index contributed by atoms with van der Waals surface area (Å²) in [6, 6.07) is 14.2. The second-order valence-electron chi connectivity index (χ2n) is 10.0. The molecule has 1 amide bonds. The number of nitrogens with one attached hydrogen (secondary N) is 3. The van der Waals surface area contributed by atoms with E-state index >= 15 is 0 Å². The molecule has 2 aromatic carbocycles. The number of ether oxygens (including phenoxy) is 1. The van der Waals surface area contributed by atoms with Gasteiger partial charge >= 0.3 is 6.03 Å². The summed E-state index contributed by atoms with van der Waals surface area (Å²) in [7, 11) is -1.89. The van der Waals surface area contributed by atoms with Crippen LogP contribution in [0.25, 0.3) is 0 Å². The van der Waals surface area contributed by atoms with E-state index in [9.17, 15) is 13.2 Å². The van der Waals surface area contributed by atoms with Gasteiger partial charge < -0.3 is 20.3 Å². The lowest BCUT2D eigenvalue weighted by Crippen LogP contribution is -2.43. The maximum absolute atomic E-state index is 13.3. The minimum absolute atomic E-state index is 0.102. The molecule has 10 nitrogen and oxygen atoms in total. The lowest BCUT2D eigenvalue weighted by molar-refractivity contribution is 0.236. The number of anilines is 2. The fraction of sp³-hybridized carbons (Fsp3) is 0.429. The van der Waals surface area contributed by atoms with Crippen LogP contribution in [0.5, 0.6) is 5.75 Å². The van der Waals surface area contributed by atoms with Gasteiger partial charge in [0, 0.05) is 37.3 Å². The number of likely N-dealkylation sites (N-methyl/N-ethyl adjacent to an activating group) is 1. The topological polar surface area (TPSA) is 118 Å². The molecule has 0 bridgehead atoms. The molecule has 3 aromatic rings. The highest BCUT2D eigenvalue weighted by molar-refractivity contribution is 7.89. The molecule has 0 spiro atoms. The molecule has 208 valence electrons. The number of hydrogen-bond donors (Lipinski definition) is 3. The third kappa shape index (κ3) is 5.60. The summed E-state index contributed by atoms with van der Waals surface area (Å²) in [5, 5.41) is 6.39. The minimum atomic E-state index is -3.81. The number of rotatable bonds is 10. The molecule has 1 saturated carbocycles. The number of fused-ring (bicyclic) bond motifs is 1. The van der Waals surface area contributed by atoms with Crippen LogP contribution >= 0.6 is 0 Å². The normalized spacial score (nSPS) is 17.4. The molecular weight excluding hydrogens is 516 g/mol. The summed E-state index contributed by atoms with van der Waals surface area (Å²) < 4.78 is 36.6. The van der Waals surface area contributed by atoms with E-state index in [4.69, 9.17) is 9.72 Å². The van der Waals surface area contributed by atoms with Gasteiger partial charge in [0.05, 0.1) is 17.2 Å². The van der Waals surface area contributed by atoms with Crippen LogP contribution < -0.4 is 25.0 Å². The summed E-state index contributed by atoms with van der Waals surface area (Å²) in [5.74, 6) is 2.10. The highest BCUT2D eigenvalue weighted by atomic mass is 32.2. The van der Waals surface area contributed by atoms with Gasteiger partial charge in [-0.3, -0.25) is 0 Å². The maximum Gasteiger partial charge on any atom is 0.330 e. The Kier molecular flexibility index (Phi) is 7.81. The van der Waals surface area contributed by atoms with Crippen LogP contribution in [0.2, 0.25) is 0 Å². The Labute approximate surface area is 229 Å². The summed E-state index contributed by atoms with van der Waals surface area (Å²) in [6.07, 6.45) is 3.70. The molecule has 1 aromatic heterocycles. The molecule has 39 heavy (non-hydrogen) atoms. The number of para-hydroxylation sites is 1. The second-order valence-corrected chi connectivity index (χ2v) is 11.8. The van der Waals surface area contributed by atoms with Crippen LogP contribution in [0.3, 0.4) is 0 Å². The highest BCUT2D eigenvalue weighted by Gasteiger charge is 2.34. The Balaban J connectivity index is 1.39. The average Bonchev–Trinajstić information content (AvgIpc) is 3.57. The smallest absolute Gasteiger partial charge is 0.330 e. The molecule has 1 atom stereocenters. The Bertz CT molecular complexity index is 1430. The van der Waals surface area contributed by atoms with Crippen molar-refractivity contribution in [2.45, 2.75) is 56.5 Å². The third-order valence-corrected chi connectivity index (χ3v) is 8.86. The van der Waals surface area contributed by atoms with Crippen LogP contribution in [0, 0.1) is 6.92 Å². The van der Waals surface area contributed by atoms with E-state index in [1.807, 2.05) is 56.1 Å². The standard InChI is InChI=1S/C28H36N6O4S/c1-4-38-24-15-14-22(39(36,37)29-16-17-33(3)21-12-6-5-7-13-21)18-23(24)26-31-27-25(20-10-8-9-11-20)30-19(2)34(27)28(35)32-26/h5-7,12-15,18,20,26,29,31H,4,8-11,16-17H2,1-3H3,(H,32,35). The van der Waals surface area contributed by atoms with Crippen molar-refractivity contribution in [2.75, 3.05) is 37.0 Å². The highest BCUT2D eigenvalue weighted by Crippen LogP contribution is 2.40. The molecule has 1 aliphatic heterocycles. The van der Waals surface area contributed by atoms with Crippen molar-refractivity contribution >= 4 is 27.6 Å². The zero-order valence-corrected chi connectivity index (χ0v) is 23.4. The maximum atomic E-state index is 13.3. The fourth-order valence-corrected chi connectivity index (χ4v) is 6.45. The van der Waals surface area contributed by atoms with Gasteiger partial charge in [-0.1, -0.05) is 31.0 Å². The van der Waals surface area contributed by atoms with Gasteiger partial charge in [0.1, 0.15) is 23.6 Å². The van der Waals surface area contributed by atoms with Crippen molar-refractivity contribution in [3.8, 4) is 5.75 Å². The minimum Gasteiger partial charge on any atom is -0.493 e. The Morgan fingerprint density at radius 1 is 1.13 bits per heavy atom. The van der Waals surface area contributed by atoms with Gasteiger partial charge in [-0.05, 0) is 57.0 Å². The SMILES string of the molecule is CCOc1ccc(S(=O)(=O)NCCN(C)c2ccccc2)cc1C1NC(=O)n2c(C)nc(C3CCCC3)c2N1. The first kappa shape index (κ1) is 27.0. The number of carbonyl (C=O) groups excluding carboxylic acids is 1. The predicted octanol–water partition coefficient (Wildman–Crippen LogP) is 4.34. The fourth-order valence-electron chi connectivity index (χ4n) is 5.39. The van der Waals surface area contributed by atoms with Gasteiger partial charge in [-0.15, -0.1) is 0 Å². The number of hydrogen-bond acceptors (Lipinski definition) is 7. The summed E-state index contributed by atoms with van der Waals surface area (Å²) in [5.41, 5.74) is 2.44. The van der Waals surface area contributed by atoms with Crippen molar-refractivity contribution in [3.05, 3.63) is 65.6 Å². The van der Waals surface area contributed by atoms with Crippen LogP contribution in [0.4, 0.5) is 16.3 Å². The van der Waals surface area contributed by atoms with Crippen molar-refractivity contribution < 1.29 is 17.9 Å². The van der Waals surface area contributed by atoms with E-state index < -0.39 is 16.2 Å². The predicted molar refractivity (Wildman–Crippen MR) is 151 cm³/mol. The zero-order valence-electron chi connectivity index (χ0n) is 22.6. The largest absolute Gasteiger partial charge is 0.493 e. The molecule has 1 aliphatic carbocycles. The van der Waals surface area contributed by atoms with Crippen molar-refractivity contribution in [3.63, 3.8) is 0 Å². The van der Waals surface area contributed by atoms with E-state index in [0.29, 0.717) is 42.0 Å². The number of imidazole rings is 1. The molecule has 5 rings (SSSR count). The van der Waals surface area contributed by atoms with Gasteiger partial charge in [0.2, 0.25) is 10.0 Å². The number of aryl methyl sites for hydroxylation is 1. The van der Waals surface area contributed by atoms with E-state index in [0.717, 1.165) is 37.1 Å². The van der Waals surface area contributed by atoms with Crippen LogP contribution in [-0.4, -0.2) is 50.7 Å².